The molecule has 0 aliphatic heterocycles. The number of fused-ring (bicyclic) bond motifs is 1. The molecule has 0 aliphatic carbocycles. The van der Waals surface area contributed by atoms with Crippen LogP contribution in [0.5, 0.6) is 5.75 Å². The van der Waals surface area contributed by atoms with E-state index in [1.807, 2.05) is 0 Å². The van der Waals surface area contributed by atoms with Crippen LogP contribution in [0.2, 0.25) is 0 Å². The number of benzene rings is 1. The van der Waals surface area contributed by atoms with E-state index in [9.17, 15) is 9.59 Å². The second-order valence-corrected chi connectivity index (χ2v) is 6.05. The lowest BCUT2D eigenvalue weighted by atomic mass is 10.1. The molecule has 2 aromatic heterocycles. The first-order valence-electron chi connectivity index (χ1n) is 8.48. The van der Waals surface area contributed by atoms with Gasteiger partial charge in [-0.15, -0.1) is 0 Å². The van der Waals surface area contributed by atoms with E-state index in [0.29, 0.717) is 46.7 Å². The molecule has 0 radical (unpaired) electrons. The monoisotopic (exact) mass is 367 g/mol. The molecule has 1 aromatic carbocycles. The van der Waals surface area contributed by atoms with Crippen molar-refractivity contribution in [3.8, 4) is 5.75 Å². The summed E-state index contributed by atoms with van der Waals surface area (Å²) in [4.78, 5) is 29.8. The van der Waals surface area contributed by atoms with Gasteiger partial charge in [-0.2, -0.15) is 0 Å². The molecule has 0 saturated heterocycles. The third kappa shape index (κ3) is 3.98. The highest BCUT2D eigenvalue weighted by molar-refractivity contribution is 6.06. The van der Waals surface area contributed by atoms with Crippen LogP contribution in [-0.4, -0.2) is 36.3 Å². The molecule has 27 heavy (non-hydrogen) atoms. The fourth-order valence-electron chi connectivity index (χ4n) is 2.80. The molecular formula is C20H21N3O4. The third-order valence-corrected chi connectivity index (χ3v) is 4.25. The van der Waals surface area contributed by atoms with Crippen LogP contribution < -0.4 is 15.6 Å². The number of carbonyl (C=O) groups is 1. The number of aryl methyl sites for hydroxylation is 1. The minimum absolute atomic E-state index is 0.201. The van der Waals surface area contributed by atoms with Crippen molar-refractivity contribution < 1.29 is 14.3 Å². The van der Waals surface area contributed by atoms with Gasteiger partial charge in [-0.05, 0) is 31.2 Å². The number of methoxy groups -OCH3 is 2. The van der Waals surface area contributed by atoms with Gasteiger partial charge in [0.25, 0.3) is 11.5 Å². The van der Waals surface area contributed by atoms with E-state index in [0.717, 1.165) is 0 Å². The predicted octanol–water partition coefficient (Wildman–Crippen LogP) is 2.61. The van der Waals surface area contributed by atoms with Crippen LogP contribution in [0.4, 0.5) is 5.69 Å². The number of pyridine rings is 2. The van der Waals surface area contributed by atoms with Gasteiger partial charge in [0.05, 0.1) is 35.9 Å². The topological polar surface area (TPSA) is 82.5 Å². The Morgan fingerprint density at radius 1 is 1.22 bits per heavy atom. The molecule has 0 aliphatic rings. The number of nitrogens with one attached hydrogen (secondary N) is 1. The molecule has 7 nitrogen and oxygen atoms in total. The van der Waals surface area contributed by atoms with Crippen molar-refractivity contribution in [3.63, 3.8) is 0 Å². The van der Waals surface area contributed by atoms with Crippen LogP contribution in [-0.2, 0) is 11.3 Å². The highest BCUT2D eigenvalue weighted by Gasteiger charge is 2.14. The van der Waals surface area contributed by atoms with Gasteiger partial charge in [0, 0.05) is 31.6 Å². The van der Waals surface area contributed by atoms with Crippen molar-refractivity contribution in [1.29, 1.82) is 0 Å². The minimum Gasteiger partial charge on any atom is -0.497 e. The molecule has 0 fully saturated rings. The summed E-state index contributed by atoms with van der Waals surface area (Å²) in [6.07, 6.45) is 1.69. The van der Waals surface area contributed by atoms with Gasteiger partial charge < -0.3 is 19.4 Å². The maximum atomic E-state index is 12.7. The van der Waals surface area contributed by atoms with E-state index >= 15 is 0 Å². The minimum atomic E-state index is -0.332. The van der Waals surface area contributed by atoms with E-state index in [-0.39, 0.29) is 11.5 Å². The van der Waals surface area contributed by atoms with Gasteiger partial charge in [-0.1, -0.05) is 6.07 Å². The van der Waals surface area contributed by atoms with Crippen molar-refractivity contribution in [1.82, 2.24) is 9.55 Å². The average molecular weight is 367 g/mol. The van der Waals surface area contributed by atoms with Gasteiger partial charge in [0.15, 0.2) is 0 Å². The summed E-state index contributed by atoms with van der Waals surface area (Å²) in [7, 11) is 3.14. The third-order valence-electron chi connectivity index (χ3n) is 4.25. The predicted molar refractivity (Wildman–Crippen MR) is 104 cm³/mol. The van der Waals surface area contributed by atoms with Crippen LogP contribution in [0.1, 0.15) is 16.1 Å². The lowest BCUT2D eigenvalue weighted by Crippen LogP contribution is -2.23. The van der Waals surface area contributed by atoms with Gasteiger partial charge in [0.2, 0.25) is 0 Å². The quantitative estimate of drug-likeness (QED) is 0.724. The number of aromatic nitrogens is 2. The second-order valence-electron chi connectivity index (χ2n) is 6.05. The van der Waals surface area contributed by atoms with E-state index in [4.69, 9.17) is 9.47 Å². The Bertz CT molecular complexity index is 1040. The summed E-state index contributed by atoms with van der Waals surface area (Å²) in [5, 5.41) is 3.22. The van der Waals surface area contributed by atoms with Gasteiger partial charge in [-0.25, -0.2) is 0 Å². The SMILES string of the molecule is COCCn1ccc2nc(C)c(C(=O)Nc3cccc(OC)c3)cc2c1=O. The zero-order valence-corrected chi connectivity index (χ0v) is 15.5. The molecule has 0 spiro atoms. The summed E-state index contributed by atoms with van der Waals surface area (Å²) in [6, 6.07) is 10.4. The number of anilines is 1. The Morgan fingerprint density at radius 2 is 2.04 bits per heavy atom. The van der Waals surface area contributed by atoms with Crippen molar-refractivity contribution in [2.75, 3.05) is 26.1 Å². The van der Waals surface area contributed by atoms with Crippen LogP contribution in [0.25, 0.3) is 10.9 Å². The van der Waals surface area contributed by atoms with Crippen LogP contribution in [0, 0.1) is 6.92 Å². The highest BCUT2D eigenvalue weighted by atomic mass is 16.5. The number of hydrogen-bond donors (Lipinski definition) is 1. The number of rotatable bonds is 6. The van der Waals surface area contributed by atoms with E-state index in [2.05, 4.69) is 10.3 Å². The average Bonchev–Trinajstić information content (AvgIpc) is 2.67. The molecule has 0 saturated carbocycles. The standard InChI is InChI=1S/C20H21N3O4/c1-13-16(19(24)22-14-5-4-6-15(11-14)27-3)12-17-18(21-13)7-8-23(20(17)25)9-10-26-2/h4-8,11-12H,9-10H2,1-3H3,(H,22,24). The van der Waals surface area contributed by atoms with Crippen LogP contribution in [0.15, 0.2) is 47.4 Å². The Kier molecular flexibility index (Phi) is 5.52. The Balaban J connectivity index is 1.97. The van der Waals surface area contributed by atoms with E-state index in [1.165, 1.54) is 0 Å². The van der Waals surface area contributed by atoms with Gasteiger partial charge in [-0.3, -0.25) is 14.6 Å². The zero-order valence-electron chi connectivity index (χ0n) is 15.5. The number of hydrogen-bond acceptors (Lipinski definition) is 5. The summed E-state index contributed by atoms with van der Waals surface area (Å²) in [5.74, 6) is 0.309. The number of carbonyl (C=O) groups excluding carboxylic acids is 1. The second kappa shape index (κ2) is 8.01. The maximum absolute atomic E-state index is 12.7. The highest BCUT2D eigenvalue weighted by Crippen LogP contribution is 2.19. The lowest BCUT2D eigenvalue weighted by molar-refractivity contribution is 0.102. The molecule has 1 amide bonds. The van der Waals surface area contributed by atoms with Gasteiger partial charge >= 0.3 is 0 Å². The van der Waals surface area contributed by atoms with E-state index in [1.54, 1.807) is 68.3 Å². The molecule has 1 N–H and O–H groups in total. The summed E-state index contributed by atoms with van der Waals surface area (Å²) < 4.78 is 11.7. The molecule has 140 valence electrons. The Morgan fingerprint density at radius 3 is 2.78 bits per heavy atom. The molecule has 0 atom stereocenters. The summed E-state index contributed by atoms with van der Waals surface area (Å²) in [6.45, 7) is 2.61. The molecule has 2 heterocycles. The smallest absolute Gasteiger partial charge is 0.260 e. The number of nitrogens with zero attached hydrogens (tertiary/aromatic N) is 2. The largest absolute Gasteiger partial charge is 0.497 e. The number of amides is 1. The van der Waals surface area contributed by atoms with E-state index < -0.39 is 0 Å². The summed E-state index contributed by atoms with van der Waals surface area (Å²) in [5.41, 5.74) is 1.87. The van der Waals surface area contributed by atoms with Crippen molar-refractivity contribution in [2.45, 2.75) is 13.5 Å². The molecule has 7 heteroatoms. The summed E-state index contributed by atoms with van der Waals surface area (Å²) >= 11 is 0. The first-order chi connectivity index (χ1) is 13.0. The Hall–Kier alpha value is -3.19. The molecule has 0 bridgehead atoms. The normalized spacial score (nSPS) is 10.8. The molecule has 3 aromatic rings. The van der Waals surface area contributed by atoms with Crippen molar-refractivity contribution >= 4 is 22.5 Å². The first kappa shape index (κ1) is 18.6. The number of ether oxygens (including phenoxy) is 2. The fourth-order valence-corrected chi connectivity index (χ4v) is 2.80. The van der Waals surface area contributed by atoms with Crippen molar-refractivity contribution in [2.24, 2.45) is 0 Å². The van der Waals surface area contributed by atoms with Gasteiger partial charge in [0.1, 0.15) is 5.75 Å². The van der Waals surface area contributed by atoms with Crippen LogP contribution >= 0.6 is 0 Å². The Labute approximate surface area is 156 Å². The van der Waals surface area contributed by atoms with Crippen LogP contribution in [0.3, 0.4) is 0 Å². The molecular weight excluding hydrogens is 346 g/mol. The lowest BCUT2D eigenvalue weighted by Gasteiger charge is -2.11. The van der Waals surface area contributed by atoms with Crippen molar-refractivity contribution in [3.05, 3.63) is 64.2 Å². The maximum Gasteiger partial charge on any atom is 0.260 e. The fraction of sp³-hybridized carbons (Fsp3) is 0.250. The zero-order chi connectivity index (χ0) is 19.4. The molecule has 3 rings (SSSR count). The molecule has 0 unspecified atom stereocenters. The first-order valence-corrected chi connectivity index (χ1v) is 8.48.